The number of amides is 2. The summed E-state index contributed by atoms with van der Waals surface area (Å²) in [6.07, 6.45) is 2.24. The number of carbonyl (C=O) groups is 2. The van der Waals surface area contributed by atoms with Crippen LogP contribution in [0.15, 0.2) is 18.3 Å². The van der Waals surface area contributed by atoms with Gasteiger partial charge in [-0.15, -0.1) is 36.6 Å². The zero-order chi connectivity index (χ0) is 18.8. The first kappa shape index (κ1) is 23.7. The molecule has 0 aliphatic carbocycles. The van der Waals surface area contributed by atoms with Gasteiger partial charge in [0.1, 0.15) is 11.9 Å². The molecule has 3 aliphatic rings. The highest BCUT2D eigenvalue weighted by Gasteiger charge is 2.38. The molecule has 0 radical (unpaired) electrons. The van der Waals surface area contributed by atoms with Crippen LogP contribution in [0.5, 0.6) is 0 Å². The number of hydrogen-bond acceptors (Lipinski definition) is 7. The second kappa shape index (κ2) is 10.5. The van der Waals surface area contributed by atoms with Gasteiger partial charge in [0, 0.05) is 44.2 Å². The molecular weight excluding hydrogens is 435 g/mol. The maximum absolute atomic E-state index is 12.6. The Bertz CT molecular complexity index is 769. The number of halogens is 2. The summed E-state index contributed by atoms with van der Waals surface area (Å²) in [5.41, 5.74) is 0.481. The minimum Gasteiger partial charge on any atom is -0.331 e. The van der Waals surface area contributed by atoms with Gasteiger partial charge in [0.2, 0.25) is 11.8 Å². The fourth-order valence-electron chi connectivity index (χ4n) is 3.85. The molecule has 29 heavy (non-hydrogen) atoms. The molecule has 2 amide bonds. The molecule has 3 aliphatic heterocycles. The van der Waals surface area contributed by atoms with Crippen molar-refractivity contribution >= 4 is 54.2 Å². The fraction of sp³-hybridized carbons (Fsp3) is 0.556. The molecule has 1 N–H and O–H groups in total. The van der Waals surface area contributed by atoms with E-state index in [0.29, 0.717) is 24.5 Å². The number of piperazine rings is 1. The molecule has 0 aromatic carbocycles. The van der Waals surface area contributed by atoms with Crippen molar-refractivity contribution in [1.29, 1.82) is 5.26 Å². The van der Waals surface area contributed by atoms with E-state index in [-0.39, 0.29) is 48.7 Å². The lowest BCUT2D eigenvalue weighted by Crippen LogP contribution is -2.54. The Morgan fingerprint density at radius 1 is 1.28 bits per heavy atom. The Morgan fingerprint density at radius 2 is 2.10 bits per heavy atom. The van der Waals surface area contributed by atoms with Gasteiger partial charge in [-0.1, -0.05) is 0 Å². The summed E-state index contributed by atoms with van der Waals surface area (Å²) in [6.45, 7) is 3.21. The number of pyridine rings is 1. The first-order valence-electron chi connectivity index (χ1n) is 9.16. The van der Waals surface area contributed by atoms with E-state index in [1.54, 1.807) is 28.8 Å². The highest BCUT2D eigenvalue weighted by atomic mass is 35.5. The molecule has 8 nitrogen and oxygen atoms in total. The van der Waals surface area contributed by atoms with Crippen molar-refractivity contribution in [3.05, 3.63) is 23.9 Å². The molecule has 0 spiro atoms. The highest BCUT2D eigenvalue weighted by molar-refractivity contribution is 7.99. The Kier molecular flexibility index (Phi) is 8.55. The number of thioether (sulfide) groups is 1. The molecule has 0 bridgehead atoms. The smallest absolute Gasteiger partial charge is 0.242 e. The summed E-state index contributed by atoms with van der Waals surface area (Å²) in [4.78, 5) is 35.2. The number of anilines is 1. The second-order valence-electron chi connectivity index (χ2n) is 7.02. The van der Waals surface area contributed by atoms with Gasteiger partial charge < -0.3 is 10.2 Å². The molecule has 0 unspecified atom stereocenters. The van der Waals surface area contributed by atoms with Crippen LogP contribution in [-0.4, -0.2) is 83.0 Å². The lowest BCUT2D eigenvalue weighted by Gasteiger charge is -2.36. The average molecular weight is 459 g/mol. The van der Waals surface area contributed by atoms with Gasteiger partial charge in [0.25, 0.3) is 0 Å². The maximum Gasteiger partial charge on any atom is 0.242 e. The zero-order valence-electron chi connectivity index (χ0n) is 15.8. The normalized spacial score (nSPS) is 24.6. The number of nitrogens with one attached hydrogen (secondary N) is 1. The van der Waals surface area contributed by atoms with Gasteiger partial charge in [0.15, 0.2) is 0 Å². The first-order valence-corrected chi connectivity index (χ1v) is 10.3. The Morgan fingerprint density at radius 3 is 2.72 bits per heavy atom. The lowest BCUT2D eigenvalue weighted by molar-refractivity contribution is -0.131. The van der Waals surface area contributed by atoms with Crippen molar-refractivity contribution in [2.45, 2.75) is 18.5 Å². The van der Waals surface area contributed by atoms with Crippen molar-refractivity contribution in [2.24, 2.45) is 0 Å². The predicted molar refractivity (Wildman–Crippen MR) is 117 cm³/mol. The third-order valence-corrected chi connectivity index (χ3v) is 6.36. The fourth-order valence-corrected chi connectivity index (χ4v) is 4.80. The third-order valence-electron chi connectivity index (χ3n) is 5.39. The van der Waals surface area contributed by atoms with Crippen LogP contribution in [0.2, 0.25) is 0 Å². The topological polar surface area (TPSA) is 92.6 Å². The summed E-state index contributed by atoms with van der Waals surface area (Å²) in [5.74, 6) is 2.58. The van der Waals surface area contributed by atoms with Crippen molar-refractivity contribution in [3.63, 3.8) is 0 Å². The van der Waals surface area contributed by atoms with Gasteiger partial charge in [-0.2, -0.15) is 5.26 Å². The molecule has 4 heterocycles. The van der Waals surface area contributed by atoms with Gasteiger partial charge in [-0.25, -0.2) is 4.98 Å². The number of rotatable bonds is 3. The Balaban J connectivity index is 0.00000150. The quantitative estimate of drug-likeness (QED) is 0.712. The van der Waals surface area contributed by atoms with E-state index in [1.807, 2.05) is 11.0 Å². The summed E-state index contributed by atoms with van der Waals surface area (Å²) in [5, 5.41) is 12.2. The predicted octanol–water partition coefficient (Wildman–Crippen LogP) is 0.709. The van der Waals surface area contributed by atoms with Gasteiger partial charge in [-0.3, -0.25) is 19.4 Å². The molecule has 1 aromatic rings. The minimum atomic E-state index is -0.137. The number of hydrogen-bond donors (Lipinski definition) is 1. The van der Waals surface area contributed by atoms with E-state index < -0.39 is 0 Å². The standard InChI is InChI=1S/C18H22N6O2S.2ClH/c19-8-13-1-2-16(21-9-13)24-4-3-22(11-17(24)25)14-7-15(20-10-14)18(26)23-5-6-27-12-23;;/h1-2,9,14-15,20H,3-7,10-12H2;2*1H/t14-,15-;;/m0../s1. The van der Waals surface area contributed by atoms with Crippen molar-refractivity contribution in [2.75, 3.05) is 49.3 Å². The maximum atomic E-state index is 12.6. The highest BCUT2D eigenvalue weighted by Crippen LogP contribution is 2.22. The molecule has 158 valence electrons. The Hall–Kier alpha value is -1.57. The van der Waals surface area contributed by atoms with Crippen LogP contribution in [0.4, 0.5) is 5.82 Å². The summed E-state index contributed by atoms with van der Waals surface area (Å²) < 4.78 is 0. The lowest BCUT2D eigenvalue weighted by atomic mass is 10.1. The largest absolute Gasteiger partial charge is 0.331 e. The number of aromatic nitrogens is 1. The van der Waals surface area contributed by atoms with E-state index >= 15 is 0 Å². The second-order valence-corrected chi connectivity index (χ2v) is 8.10. The molecular formula is C18H24Cl2N6O2S. The van der Waals surface area contributed by atoms with E-state index in [0.717, 1.165) is 37.7 Å². The monoisotopic (exact) mass is 458 g/mol. The van der Waals surface area contributed by atoms with Crippen molar-refractivity contribution in [3.8, 4) is 6.07 Å². The van der Waals surface area contributed by atoms with Crippen LogP contribution in [0, 0.1) is 11.3 Å². The molecule has 2 atom stereocenters. The van der Waals surface area contributed by atoms with Crippen LogP contribution >= 0.6 is 36.6 Å². The number of carbonyl (C=O) groups excluding carboxylic acids is 2. The SMILES string of the molecule is Cl.Cl.N#Cc1ccc(N2CCN([C@@H]3CN[C@H](C(=O)N4CCSC4)C3)CC2=O)nc1. The van der Waals surface area contributed by atoms with Gasteiger partial charge in [0.05, 0.1) is 24.0 Å². The summed E-state index contributed by atoms with van der Waals surface area (Å²) in [7, 11) is 0. The molecule has 1 aromatic heterocycles. The van der Waals surface area contributed by atoms with Crippen molar-refractivity contribution in [1.82, 2.24) is 20.1 Å². The van der Waals surface area contributed by atoms with E-state index in [1.165, 1.54) is 6.20 Å². The average Bonchev–Trinajstić information content (AvgIpc) is 3.40. The molecule has 3 saturated heterocycles. The molecule has 11 heteroatoms. The molecule has 3 fully saturated rings. The number of nitrogens with zero attached hydrogens (tertiary/aromatic N) is 5. The summed E-state index contributed by atoms with van der Waals surface area (Å²) >= 11 is 1.79. The third kappa shape index (κ3) is 5.13. The van der Waals surface area contributed by atoms with E-state index in [2.05, 4.69) is 15.2 Å². The van der Waals surface area contributed by atoms with Crippen LogP contribution in [0.1, 0.15) is 12.0 Å². The minimum absolute atomic E-state index is 0. The Labute approximate surface area is 186 Å². The van der Waals surface area contributed by atoms with E-state index in [4.69, 9.17) is 5.26 Å². The van der Waals surface area contributed by atoms with Gasteiger partial charge in [-0.05, 0) is 18.6 Å². The van der Waals surface area contributed by atoms with Crippen molar-refractivity contribution < 1.29 is 9.59 Å². The first-order chi connectivity index (χ1) is 13.2. The summed E-state index contributed by atoms with van der Waals surface area (Å²) in [6, 6.07) is 5.49. The molecule has 4 rings (SSSR count). The van der Waals surface area contributed by atoms with Crippen LogP contribution < -0.4 is 10.2 Å². The van der Waals surface area contributed by atoms with Crippen LogP contribution in [0.25, 0.3) is 0 Å². The zero-order valence-corrected chi connectivity index (χ0v) is 18.3. The van der Waals surface area contributed by atoms with Crippen LogP contribution in [-0.2, 0) is 9.59 Å². The van der Waals surface area contributed by atoms with Gasteiger partial charge >= 0.3 is 0 Å². The van der Waals surface area contributed by atoms with Crippen LogP contribution in [0.3, 0.4) is 0 Å². The molecule has 0 saturated carbocycles. The number of nitriles is 1. The van der Waals surface area contributed by atoms with E-state index in [9.17, 15) is 9.59 Å².